The van der Waals surface area contributed by atoms with Crippen LogP contribution in [0.3, 0.4) is 0 Å². The number of carbonyl (C=O) groups excluding carboxylic acids is 2. The number of hydrogen-bond acceptors (Lipinski definition) is 5. The summed E-state index contributed by atoms with van der Waals surface area (Å²) in [7, 11) is 0. The maximum absolute atomic E-state index is 12.5. The second-order valence-electron chi connectivity index (χ2n) is 7.03. The number of anilines is 1. The lowest BCUT2D eigenvalue weighted by Gasteiger charge is -2.12. The topological polar surface area (TPSA) is 88.4 Å². The molecule has 33 heavy (non-hydrogen) atoms. The van der Waals surface area contributed by atoms with Gasteiger partial charge >= 0.3 is 5.97 Å². The Morgan fingerprint density at radius 3 is 2.36 bits per heavy atom. The number of carbonyl (C=O) groups is 2. The molecular weight excluding hydrogens is 531 g/mol. The Morgan fingerprint density at radius 1 is 1.03 bits per heavy atom. The summed E-state index contributed by atoms with van der Waals surface area (Å²) < 4.78 is 12.2. The molecule has 0 heterocycles. The van der Waals surface area contributed by atoms with Crippen molar-refractivity contribution in [2.24, 2.45) is 0 Å². The van der Waals surface area contributed by atoms with E-state index in [0.717, 1.165) is 9.13 Å². The smallest absolute Gasteiger partial charge is 0.343 e. The molecule has 0 bridgehead atoms. The van der Waals surface area contributed by atoms with Crippen LogP contribution in [0, 0.1) is 21.8 Å². The van der Waals surface area contributed by atoms with Crippen LogP contribution in [0.25, 0.3) is 6.08 Å². The van der Waals surface area contributed by atoms with Crippen molar-refractivity contribution in [3.8, 4) is 17.6 Å². The highest BCUT2D eigenvalue weighted by Crippen LogP contribution is 2.30. The summed E-state index contributed by atoms with van der Waals surface area (Å²) in [6.45, 7) is 4.09. The minimum absolute atomic E-state index is 0.0691. The van der Waals surface area contributed by atoms with Crippen molar-refractivity contribution in [1.29, 1.82) is 5.26 Å². The first-order chi connectivity index (χ1) is 15.9. The summed E-state index contributed by atoms with van der Waals surface area (Å²) in [6.07, 6.45) is 1.45. The Bertz CT molecular complexity index is 1230. The Morgan fingerprint density at radius 2 is 1.73 bits per heavy atom. The normalized spacial score (nSPS) is 10.8. The van der Waals surface area contributed by atoms with Crippen LogP contribution in [0.2, 0.25) is 0 Å². The van der Waals surface area contributed by atoms with Gasteiger partial charge in [-0.15, -0.1) is 0 Å². The maximum Gasteiger partial charge on any atom is 0.343 e. The summed E-state index contributed by atoms with van der Waals surface area (Å²) in [5, 5.41) is 12.2. The third-order valence-electron chi connectivity index (χ3n) is 4.54. The van der Waals surface area contributed by atoms with Crippen LogP contribution in [0.4, 0.5) is 5.69 Å². The number of nitriles is 1. The van der Waals surface area contributed by atoms with Crippen LogP contribution >= 0.6 is 22.6 Å². The van der Waals surface area contributed by atoms with Gasteiger partial charge in [0.1, 0.15) is 11.6 Å². The zero-order valence-electron chi connectivity index (χ0n) is 18.1. The van der Waals surface area contributed by atoms with Gasteiger partial charge < -0.3 is 14.8 Å². The molecule has 6 nitrogen and oxygen atoms in total. The number of hydrogen-bond donors (Lipinski definition) is 1. The van der Waals surface area contributed by atoms with Crippen LogP contribution in [-0.4, -0.2) is 18.5 Å². The lowest BCUT2D eigenvalue weighted by Crippen LogP contribution is -2.13. The first-order valence-electron chi connectivity index (χ1n) is 10.1. The molecule has 0 unspecified atom stereocenters. The zero-order valence-corrected chi connectivity index (χ0v) is 20.3. The molecule has 0 fully saturated rings. The largest absolute Gasteiger partial charge is 0.490 e. The Hall–Kier alpha value is -3.64. The van der Waals surface area contributed by atoms with Crippen LogP contribution in [0.1, 0.15) is 28.4 Å². The average Bonchev–Trinajstić information content (AvgIpc) is 2.81. The number of aryl methyl sites for hydroxylation is 1. The van der Waals surface area contributed by atoms with Crippen molar-refractivity contribution in [3.63, 3.8) is 0 Å². The molecule has 0 saturated carbocycles. The van der Waals surface area contributed by atoms with E-state index in [1.54, 1.807) is 42.5 Å². The first kappa shape index (κ1) is 24.0. The van der Waals surface area contributed by atoms with E-state index in [1.165, 1.54) is 6.08 Å². The number of ether oxygens (including phenoxy) is 2. The number of benzene rings is 3. The molecule has 0 saturated heterocycles. The molecule has 7 heteroatoms. The van der Waals surface area contributed by atoms with E-state index in [4.69, 9.17) is 9.47 Å². The van der Waals surface area contributed by atoms with Gasteiger partial charge in [-0.3, -0.25) is 4.79 Å². The van der Waals surface area contributed by atoms with Gasteiger partial charge in [-0.25, -0.2) is 4.79 Å². The fourth-order valence-electron chi connectivity index (χ4n) is 2.86. The lowest BCUT2D eigenvalue weighted by atomic mass is 10.1. The molecule has 0 aliphatic carbocycles. The minimum atomic E-state index is -0.522. The lowest BCUT2D eigenvalue weighted by molar-refractivity contribution is -0.112. The summed E-state index contributed by atoms with van der Waals surface area (Å²) in [5.74, 6) is -0.441. The molecule has 0 aliphatic heterocycles. The van der Waals surface area contributed by atoms with E-state index in [-0.39, 0.29) is 11.3 Å². The van der Waals surface area contributed by atoms with Crippen molar-refractivity contribution in [3.05, 3.63) is 92.6 Å². The summed E-state index contributed by atoms with van der Waals surface area (Å²) in [5.41, 5.74) is 2.54. The molecule has 3 aromatic carbocycles. The Balaban J connectivity index is 1.81. The fourth-order valence-corrected chi connectivity index (χ4v) is 3.22. The SMILES string of the molecule is CCOc1cc(/C=C(\C#N)C(=O)Nc2ccc(I)cc2)ccc1OC(=O)c1ccc(C)cc1. The number of rotatable bonds is 7. The molecule has 0 aliphatic rings. The minimum Gasteiger partial charge on any atom is -0.490 e. The van der Waals surface area contributed by atoms with E-state index in [1.807, 2.05) is 44.2 Å². The molecular formula is C26H21IN2O4. The van der Waals surface area contributed by atoms with Crippen LogP contribution in [-0.2, 0) is 4.79 Å². The fraction of sp³-hybridized carbons (Fsp3) is 0.115. The zero-order chi connectivity index (χ0) is 23.8. The van der Waals surface area contributed by atoms with E-state index >= 15 is 0 Å². The number of halogens is 1. The van der Waals surface area contributed by atoms with Crippen LogP contribution < -0.4 is 14.8 Å². The Kier molecular flexibility index (Phi) is 8.22. The summed E-state index contributed by atoms with van der Waals surface area (Å²) >= 11 is 2.17. The highest BCUT2D eigenvalue weighted by molar-refractivity contribution is 14.1. The van der Waals surface area contributed by atoms with Crippen LogP contribution in [0.15, 0.2) is 72.3 Å². The molecule has 0 atom stereocenters. The van der Waals surface area contributed by atoms with Crippen LogP contribution in [0.5, 0.6) is 11.5 Å². The second-order valence-corrected chi connectivity index (χ2v) is 8.27. The number of amides is 1. The molecule has 0 radical (unpaired) electrons. The molecule has 0 aromatic heterocycles. The molecule has 3 rings (SSSR count). The van der Waals surface area contributed by atoms with Crippen molar-refractivity contribution >= 4 is 46.2 Å². The van der Waals surface area contributed by atoms with Crippen molar-refractivity contribution in [1.82, 2.24) is 0 Å². The van der Waals surface area contributed by atoms with Gasteiger partial charge in [-0.1, -0.05) is 23.8 Å². The highest BCUT2D eigenvalue weighted by Gasteiger charge is 2.15. The summed E-state index contributed by atoms with van der Waals surface area (Å²) in [6, 6.07) is 21.1. The number of nitrogens with one attached hydrogen (secondary N) is 1. The van der Waals surface area contributed by atoms with Gasteiger partial charge in [-0.05, 0) is 96.6 Å². The third kappa shape index (κ3) is 6.67. The standard InChI is InChI=1S/C26H21IN2O4/c1-3-32-24-15-18(6-13-23(24)33-26(31)19-7-4-17(2)5-8-19)14-20(16-28)25(30)29-22-11-9-21(27)10-12-22/h4-15H,3H2,1-2H3,(H,29,30)/b20-14+. The van der Waals surface area contributed by atoms with Gasteiger partial charge in [-0.2, -0.15) is 5.26 Å². The van der Waals surface area contributed by atoms with E-state index in [2.05, 4.69) is 27.9 Å². The van der Waals surface area contributed by atoms with Crippen molar-refractivity contribution in [2.45, 2.75) is 13.8 Å². The van der Waals surface area contributed by atoms with Gasteiger partial charge in [0.15, 0.2) is 11.5 Å². The number of esters is 1. The monoisotopic (exact) mass is 552 g/mol. The van der Waals surface area contributed by atoms with E-state index in [0.29, 0.717) is 29.2 Å². The second kappa shape index (κ2) is 11.3. The van der Waals surface area contributed by atoms with E-state index < -0.39 is 11.9 Å². The van der Waals surface area contributed by atoms with E-state index in [9.17, 15) is 14.9 Å². The average molecular weight is 552 g/mol. The summed E-state index contributed by atoms with van der Waals surface area (Å²) in [4.78, 5) is 25.0. The predicted octanol–water partition coefficient (Wildman–Crippen LogP) is 5.76. The molecule has 1 amide bonds. The molecule has 1 N–H and O–H groups in total. The predicted molar refractivity (Wildman–Crippen MR) is 135 cm³/mol. The highest BCUT2D eigenvalue weighted by atomic mass is 127. The van der Waals surface area contributed by atoms with Crippen molar-refractivity contribution in [2.75, 3.05) is 11.9 Å². The maximum atomic E-state index is 12.5. The van der Waals surface area contributed by atoms with Gasteiger partial charge in [0.05, 0.1) is 12.2 Å². The first-order valence-corrected chi connectivity index (χ1v) is 11.2. The molecule has 3 aromatic rings. The third-order valence-corrected chi connectivity index (χ3v) is 5.25. The Labute approximate surface area is 206 Å². The van der Waals surface area contributed by atoms with Gasteiger partial charge in [0, 0.05) is 9.26 Å². The molecule has 166 valence electrons. The number of nitrogens with zero attached hydrogens (tertiary/aromatic N) is 1. The van der Waals surface area contributed by atoms with Gasteiger partial charge in [0.2, 0.25) is 0 Å². The quantitative estimate of drug-likeness (QED) is 0.132. The van der Waals surface area contributed by atoms with Gasteiger partial charge in [0.25, 0.3) is 5.91 Å². The molecule has 0 spiro atoms. The van der Waals surface area contributed by atoms with Crippen molar-refractivity contribution < 1.29 is 19.1 Å².